The Morgan fingerprint density at radius 2 is 1.71 bits per heavy atom. The van der Waals surface area contributed by atoms with E-state index in [0.29, 0.717) is 0 Å². The van der Waals surface area contributed by atoms with Gasteiger partial charge in [-0.3, -0.25) is 25.2 Å². The Hall–Kier alpha value is -2.14. The van der Waals surface area contributed by atoms with Crippen molar-refractivity contribution >= 4 is 46.1 Å². The second-order valence-electron chi connectivity index (χ2n) is 4.19. The smallest absolute Gasteiger partial charge is 0.330 e. The van der Waals surface area contributed by atoms with Crippen molar-refractivity contribution in [2.45, 2.75) is 17.9 Å². The van der Waals surface area contributed by atoms with E-state index in [2.05, 4.69) is 10.3 Å². The molecule has 0 unspecified atom stereocenters. The van der Waals surface area contributed by atoms with Gasteiger partial charge in [-0.25, -0.2) is 0 Å². The fourth-order valence-corrected chi connectivity index (χ4v) is 1.90. The molecule has 0 aliphatic heterocycles. The van der Waals surface area contributed by atoms with Crippen molar-refractivity contribution in [3.8, 4) is 0 Å². The van der Waals surface area contributed by atoms with Gasteiger partial charge in [0.15, 0.2) is 10.5 Å². The number of hydrogen-bond acceptors (Lipinski definition) is 5. The van der Waals surface area contributed by atoms with Crippen LogP contribution in [-0.2, 0) is 6.18 Å². The molecule has 0 saturated carbocycles. The van der Waals surface area contributed by atoms with Crippen molar-refractivity contribution in [1.29, 1.82) is 0 Å². The van der Waals surface area contributed by atoms with Gasteiger partial charge in [0, 0.05) is 18.7 Å². The molecule has 132 valence electrons. The largest absolute Gasteiger partial charge is 0.416 e. The minimum atomic E-state index is -5.00. The summed E-state index contributed by atoms with van der Waals surface area (Å²) in [5.41, 5.74) is -4.64. The van der Waals surface area contributed by atoms with Crippen LogP contribution in [-0.4, -0.2) is 27.1 Å². The quantitative estimate of drug-likeness (QED) is 0.267. The summed E-state index contributed by atoms with van der Waals surface area (Å²) in [6.07, 6.45) is -5.00. The fraction of sp³-hybridized carbons (Fsp3) is 0.364. The Morgan fingerprint density at radius 3 is 2.00 bits per heavy atom. The lowest BCUT2D eigenvalue weighted by Crippen LogP contribution is -2.22. The van der Waals surface area contributed by atoms with Crippen molar-refractivity contribution < 1.29 is 23.0 Å². The molecule has 0 aliphatic rings. The van der Waals surface area contributed by atoms with Crippen molar-refractivity contribution in [1.82, 2.24) is 0 Å². The minimum Gasteiger partial charge on any atom is -0.330 e. The summed E-state index contributed by atoms with van der Waals surface area (Å²) in [7, 11) is 0. The predicted molar refractivity (Wildman–Crippen MR) is 81.8 cm³/mol. The summed E-state index contributed by atoms with van der Waals surface area (Å²) in [5, 5.41) is 24.3. The van der Waals surface area contributed by atoms with Crippen LogP contribution < -0.4 is 5.32 Å². The molecule has 0 radical (unpaired) electrons. The Morgan fingerprint density at radius 1 is 1.25 bits per heavy atom. The summed E-state index contributed by atoms with van der Waals surface area (Å²) in [6, 6.07) is 0.354. The number of alkyl halides is 5. The van der Waals surface area contributed by atoms with E-state index in [1.54, 1.807) is 6.92 Å². The lowest BCUT2D eigenvalue weighted by Gasteiger charge is -2.13. The number of rotatable bonds is 5. The molecular weight excluding hydrogens is 380 g/mol. The average molecular weight is 389 g/mol. The first-order valence-corrected chi connectivity index (χ1v) is 6.99. The van der Waals surface area contributed by atoms with E-state index in [0.717, 1.165) is 0 Å². The van der Waals surface area contributed by atoms with Crippen LogP contribution in [0.25, 0.3) is 0 Å². The molecule has 8 nitrogen and oxygen atoms in total. The number of halogens is 5. The summed E-state index contributed by atoms with van der Waals surface area (Å²) in [4.78, 5) is 22.2. The predicted octanol–water partition coefficient (Wildman–Crippen LogP) is 4.16. The van der Waals surface area contributed by atoms with Gasteiger partial charge in [-0.2, -0.15) is 13.2 Å². The molecule has 13 heteroatoms. The maximum absolute atomic E-state index is 12.8. The highest BCUT2D eigenvalue weighted by Crippen LogP contribution is 2.41. The van der Waals surface area contributed by atoms with Gasteiger partial charge in [-0.05, 0) is 6.92 Å². The highest BCUT2D eigenvalue weighted by atomic mass is 35.5. The maximum atomic E-state index is 12.8. The molecule has 1 N–H and O–H groups in total. The number of anilines is 1. The number of benzene rings is 1. The van der Waals surface area contributed by atoms with Crippen molar-refractivity contribution in [3.05, 3.63) is 37.9 Å². The van der Waals surface area contributed by atoms with Crippen LogP contribution in [0.1, 0.15) is 12.5 Å². The van der Waals surface area contributed by atoms with E-state index in [-0.39, 0.29) is 24.5 Å². The monoisotopic (exact) mass is 388 g/mol. The topological polar surface area (TPSA) is 111 Å². The number of hydrogen-bond donors (Lipinski definition) is 1. The first-order valence-electron chi connectivity index (χ1n) is 6.12. The fourth-order valence-electron chi connectivity index (χ4n) is 1.65. The molecular formula is C11H9Cl2F3N4O4. The SMILES string of the molecule is CCN=C(Nc1c([N+](=O)[O-])cc(C(F)(F)F)cc1[N+](=O)[O-])C(Cl)Cl. The van der Waals surface area contributed by atoms with Crippen LogP contribution >= 0.6 is 23.2 Å². The number of nitro groups is 2. The third-order valence-electron chi connectivity index (χ3n) is 2.61. The van der Waals surface area contributed by atoms with E-state index in [1.807, 2.05) is 0 Å². The van der Waals surface area contributed by atoms with Crippen LogP contribution in [0.3, 0.4) is 0 Å². The second kappa shape index (κ2) is 7.62. The lowest BCUT2D eigenvalue weighted by atomic mass is 10.1. The van der Waals surface area contributed by atoms with Gasteiger partial charge >= 0.3 is 6.18 Å². The molecule has 24 heavy (non-hydrogen) atoms. The zero-order valence-corrected chi connectivity index (χ0v) is 13.3. The third kappa shape index (κ3) is 4.68. The second-order valence-corrected chi connectivity index (χ2v) is 5.28. The van der Waals surface area contributed by atoms with Crippen LogP contribution in [0, 0.1) is 20.2 Å². The third-order valence-corrected chi connectivity index (χ3v) is 3.02. The summed E-state index contributed by atoms with van der Waals surface area (Å²) in [6.45, 7) is 1.69. The summed E-state index contributed by atoms with van der Waals surface area (Å²) < 4.78 is 38.4. The zero-order valence-electron chi connectivity index (χ0n) is 11.8. The van der Waals surface area contributed by atoms with E-state index in [1.165, 1.54) is 0 Å². The van der Waals surface area contributed by atoms with Gasteiger partial charge in [0.2, 0.25) is 0 Å². The van der Waals surface area contributed by atoms with E-state index < -0.39 is 43.5 Å². The van der Waals surface area contributed by atoms with Gasteiger partial charge in [-0.1, -0.05) is 23.2 Å². The number of nitrogens with zero attached hydrogens (tertiary/aromatic N) is 3. The Kier molecular flexibility index (Phi) is 6.32. The minimum absolute atomic E-state index is 0.125. The standard InChI is InChI=1S/C11H9Cl2F3N4O4/c1-2-17-10(9(12)13)18-8-6(19(21)22)3-5(11(14,15)16)4-7(8)20(23)24/h3-4,9H,2H2,1H3,(H,17,18). The average Bonchev–Trinajstić information content (AvgIpc) is 2.44. The van der Waals surface area contributed by atoms with Crippen LogP contribution in [0.5, 0.6) is 0 Å². The Labute approximate surface area is 142 Å². The lowest BCUT2D eigenvalue weighted by molar-refractivity contribution is -0.392. The van der Waals surface area contributed by atoms with Gasteiger partial charge in [0.25, 0.3) is 11.4 Å². The van der Waals surface area contributed by atoms with Gasteiger partial charge in [0.05, 0.1) is 15.4 Å². The van der Waals surface area contributed by atoms with Crippen LogP contribution in [0.2, 0.25) is 0 Å². The van der Waals surface area contributed by atoms with E-state index >= 15 is 0 Å². The Balaban J connectivity index is 3.65. The molecule has 0 spiro atoms. The molecule has 0 bridgehead atoms. The first kappa shape index (κ1) is 19.9. The van der Waals surface area contributed by atoms with Gasteiger partial charge in [-0.15, -0.1) is 0 Å². The normalized spacial score (nSPS) is 12.4. The van der Waals surface area contributed by atoms with Crippen LogP contribution in [0.4, 0.5) is 30.2 Å². The summed E-state index contributed by atoms with van der Waals surface area (Å²) >= 11 is 11.2. The van der Waals surface area contributed by atoms with Crippen molar-refractivity contribution in [2.75, 3.05) is 11.9 Å². The van der Waals surface area contributed by atoms with Gasteiger partial charge < -0.3 is 5.32 Å². The molecule has 1 rings (SSSR count). The molecule has 1 aromatic rings. The highest BCUT2D eigenvalue weighted by molar-refractivity contribution is 6.55. The molecule has 0 heterocycles. The molecule has 0 aromatic heterocycles. The zero-order chi connectivity index (χ0) is 18.7. The number of nitrogens with one attached hydrogen (secondary N) is 1. The maximum Gasteiger partial charge on any atom is 0.416 e. The number of amidine groups is 1. The first-order chi connectivity index (χ1) is 11.0. The van der Waals surface area contributed by atoms with E-state index in [9.17, 15) is 33.4 Å². The number of aliphatic imine (C=N–C) groups is 1. The summed E-state index contributed by atoms with van der Waals surface area (Å²) in [5.74, 6) is -0.271. The van der Waals surface area contributed by atoms with Crippen molar-refractivity contribution in [3.63, 3.8) is 0 Å². The van der Waals surface area contributed by atoms with Crippen LogP contribution in [0.15, 0.2) is 17.1 Å². The molecule has 0 aliphatic carbocycles. The van der Waals surface area contributed by atoms with Crippen molar-refractivity contribution in [2.24, 2.45) is 4.99 Å². The molecule has 0 atom stereocenters. The highest BCUT2D eigenvalue weighted by Gasteiger charge is 2.38. The molecule has 0 fully saturated rings. The molecule has 0 saturated heterocycles. The number of nitro benzene ring substituents is 2. The van der Waals surface area contributed by atoms with Gasteiger partial charge in [0.1, 0.15) is 5.84 Å². The van der Waals surface area contributed by atoms with E-state index in [4.69, 9.17) is 23.2 Å². The molecule has 1 aromatic carbocycles. The molecule has 0 amide bonds. The Bertz CT molecular complexity index is 659.